The zero-order valence-electron chi connectivity index (χ0n) is 24.1. The predicted octanol–water partition coefficient (Wildman–Crippen LogP) is 7.53. The van der Waals surface area contributed by atoms with Crippen LogP contribution in [0, 0.1) is 46.3 Å². The highest BCUT2D eigenvalue weighted by Crippen LogP contribution is 2.66. The van der Waals surface area contributed by atoms with E-state index in [1.807, 2.05) is 0 Å². The molecule has 2 N–H and O–H groups in total. The van der Waals surface area contributed by atoms with E-state index >= 15 is 0 Å². The van der Waals surface area contributed by atoms with Crippen molar-refractivity contribution in [3.05, 3.63) is 11.6 Å². The summed E-state index contributed by atoms with van der Waals surface area (Å²) in [6.45, 7) is 14.3. The number of nitrogens with zero attached hydrogens (tertiary/aromatic N) is 1. The second kappa shape index (κ2) is 11.5. The van der Waals surface area contributed by atoms with Crippen LogP contribution in [0.2, 0.25) is 0 Å². The van der Waals surface area contributed by atoms with Crippen LogP contribution in [0.15, 0.2) is 16.8 Å². The van der Waals surface area contributed by atoms with Crippen molar-refractivity contribution in [3.63, 3.8) is 0 Å². The van der Waals surface area contributed by atoms with E-state index < -0.39 is 6.10 Å². The Bertz CT molecular complexity index is 803. The minimum Gasteiger partial charge on any atom is -0.393 e. The molecule has 206 valence electrons. The molecule has 0 spiro atoms. The molecule has 0 aromatic rings. The van der Waals surface area contributed by atoms with E-state index in [-0.39, 0.29) is 6.10 Å². The van der Waals surface area contributed by atoms with Crippen LogP contribution >= 0.6 is 0 Å². The van der Waals surface area contributed by atoms with E-state index in [0.717, 1.165) is 55.6 Å². The summed E-state index contributed by atoms with van der Waals surface area (Å²) in [4.78, 5) is 5.79. The lowest BCUT2D eigenvalue weighted by Gasteiger charge is -2.58. The summed E-state index contributed by atoms with van der Waals surface area (Å²) in [7, 11) is 0. The SMILES string of the molecule is CCC(CC)C(CC)CC(O)CON=C(C)C1CCC2C3CC=C4CC(O)CCC4(C)C3CCC12C. The molecule has 0 amide bonds. The van der Waals surface area contributed by atoms with Gasteiger partial charge in [-0.2, -0.15) is 0 Å². The van der Waals surface area contributed by atoms with Gasteiger partial charge in [-0.25, -0.2) is 0 Å². The molecular weight excluding hydrogens is 446 g/mol. The van der Waals surface area contributed by atoms with Gasteiger partial charge in [0, 0.05) is 5.92 Å². The Morgan fingerprint density at radius 1 is 1.03 bits per heavy atom. The maximum absolute atomic E-state index is 10.7. The van der Waals surface area contributed by atoms with E-state index in [1.54, 1.807) is 5.57 Å². The largest absolute Gasteiger partial charge is 0.393 e. The number of hydrogen-bond acceptors (Lipinski definition) is 4. The monoisotopic (exact) mass is 501 g/mol. The standard InChI is InChI=1S/C32H55NO3/c1-7-22(8-2)23(9-3)18-26(35)20-36-33-21(4)28-12-13-29-27-11-10-24-19-25(34)14-16-31(24,5)30(27)15-17-32(28,29)6/h10,22-23,25-30,34-35H,7-9,11-20H2,1-6H3. The molecule has 4 heteroatoms. The number of oxime groups is 1. The van der Waals surface area contributed by atoms with E-state index in [9.17, 15) is 10.2 Å². The lowest BCUT2D eigenvalue weighted by molar-refractivity contribution is -0.0429. The van der Waals surface area contributed by atoms with Crippen molar-refractivity contribution in [2.24, 2.45) is 51.5 Å². The van der Waals surface area contributed by atoms with Gasteiger partial charge in [0.2, 0.25) is 0 Å². The molecule has 0 bridgehead atoms. The van der Waals surface area contributed by atoms with Gasteiger partial charge < -0.3 is 15.1 Å². The molecular formula is C32H55NO3. The Labute approximate surface area is 221 Å². The maximum Gasteiger partial charge on any atom is 0.143 e. The summed E-state index contributed by atoms with van der Waals surface area (Å²) in [5.74, 6) is 4.03. The molecule has 3 fully saturated rings. The Morgan fingerprint density at radius 2 is 1.75 bits per heavy atom. The van der Waals surface area contributed by atoms with Crippen molar-refractivity contribution in [2.75, 3.05) is 6.61 Å². The molecule has 0 aromatic carbocycles. The van der Waals surface area contributed by atoms with Gasteiger partial charge in [-0.3, -0.25) is 0 Å². The Kier molecular flexibility index (Phi) is 8.97. The van der Waals surface area contributed by atoms with Crippen LogP contribution in [0.1, 0.15) is 119 Å². The second-order valence-corrected chi connectivity index (χ2v) is 13.5. The minimum absolute atomic E-state index is 0.129. The minimum atomic E-state index is -0.438. The van der Waals surface area contributed by atoms with Gasteiger partial charge in [-0.05, 0) is 105 Å². The average molecular weight is 502 g/mol. The van der Waals surface area contributed by atoms with Crippen LogP contribution in [0.4, 0.5) is 0 Å². The molecule has 4 rings (SSSR count). The Morgan fingerprint density at radius 3 is 2.44 bits per heavy atom. The fourth-order valence-electron chi connectivity index (χ4n) is 9.68. The number of aliphatic hydroxyl groups excluding tert-OH is 2. The number of rotatable bonds is 10. The fraction of sp³-hybridized carbons (Fsp3) is 0.906. The summed E-state index contributed by atoms with van der Waals surface area (Å²) in [5.41, 5.74) is 3.29. The van der Waals surface area contributed by atoms with Crippen LogP contribution in [0.3, 0.4) is 0 Å². The van der Waals surface area contributed by atoms with Crippen molar-refractivity contribution in [1.82, 2.24) is 0 Å². The number of hydrogen-bond donors (Lipinski definition) is 2. The molecule has 0 heterocycles. The number of allylic oxidation sites excluding steroid dienone is 1. The topological polar surface area (TPSA) is 62.0 Å². The normalized spacial score (nSPS) is 40.2. The highest BCUT2D eigenvalue weighted by atomic mass is 16.6. The maximum atomic E-state index is 10.7. The van der Waals surface area contributed by atoms with Crippen LogP contribution in [0.25, 0.3) is 0 Å². The van der Waals surface area contributed by atoms with Crippen LogP contribution in [-0.2, 0) is 4.84 Å². The van der Waals surface area contributed by atoms with Gasteiger partial charge in [0.05, 0.1) is 17.9 Å². The van der Waals surface area contributed by atoms with E-state index in [2.05, 4.69) is 52.8 Å². The third-order valence-electron chi connectivity index (χ3n) is 11.9. The van der Waals surface area contributed by atoms with E-state index in [1.165, 1.54) is 44.9 Å². The van der Waals surface area contributed by atoms with Gasteiger partial charge in [-0.15, -0.1) is 0 Å². The molecule has 0 aliphatic heterocycles. The summed E-state index contributed by atoms with van der Waals surface area (Å²) in [6, 6.07) is 0. The van der Waals surface area contributed by atoms with Crippen LogP contribution in [-0.4, -0.2) is 34.7 Å². The molecule has 9 atom stereocenters. The molecule has 9 unspecified atom stereocenters. The lowest BCUT2D eigenvalue weighted by Crippen LogP contribution is -2.50. The van der Waals surface area contributed by atoms with E-state index in [0.29, 0.717) is 35.2 Å². The smallest absolute Gasteiger partial charge is 0.143 e. The zero-order chi connectivity index (χ0) is 26.1. The predicted molar refractivity (Wildman–Crippen MR) is 149 cm³/mol. The molecule has 4 aliphatic rings. The Hall–Kier alpha value is -0.870. The first-order valence-corrected chi connectivity index (χ1v) is 15.4. The van der Waals surface area contributed by atoms with Gasteiger partial charge in [0.15, 0.2) is 0 Å². The summed E-state index contributed by atoms with van der Waals surface area (Å²) >= 11 is 0. The Balaban J connectivity index is 1.37. The molecule has 4 aliphatic carbocycles. The van der Waals surface area contributed by atoms with Gasteiger partial charge in [-0.1, -0.05) is 70.7 Å². The van der Waals surface area contributed by atoms with Gasteiger partial charge in [0.1, 0.15) is 6.61 Å². The van der Waals surface area contributed by atoms with Crippen molar-refractivity contribution >= 4 is 5.71 Å². The quantitative estimate of drug-likeness (QED) is 0.185. The highest BCUT2D eigenvalue weighted by molar-refractivity contribution is 5.85. The fourth-order valence-corrected chi connectivity index (χ4v) is 9.68. The third-order valence-corrected chi connectivity index (χ3v) is 11.9. The van der Waals surface area contributed by atoms with Gasteiger partial charge >= 0.3 is 0 Å². The molecule has 0 aromatic heterocycles. The zero-order valence-corrected chi connectivity index (χ0v) is 24.1. The molecule has 3 saturated carbocycles. The summed E-state index contributed by atoms with van der Waals surface area (Å²) < 4.78 is 0. The van der Waals surface area contributed by atoms with Crippen LogP contribution < -0.4 is 0 Å². The second-order valence-electron chi connectivity index (χ2n) is 13.5. The molecule has 36 heavy (non-hydrogen) atoms. The summed E-state index contributed by atoms with van der Waals surface area (Å²) in [6.07, 6.45) is 15.6. The third kappa shape index (κ3) is 5.20. The van der Waals surface area contributed by atoms with Crippen molar-refractivity contribution in [3.8, 4) is 0 Å². The van der Waals surface area contributed by atoms with Crippen LogP contribution in [0.5, 0.6) is 0 Å². The number of fused-ring (bicyclic) bond motifs is 5. The average Bonchev–Trinajstić information content (AvgIpc) is 3.21. The van der Waals surface area contributed by atoms with Crippen molar-refractivity contribution in [1.29, 1.82) is 0 Å². The lowest BCUT2D eigenvalue weighted by atomic mass is 9.47. The number of aliphatic hydroxyl groups is 2. The molecule has 0 saturated heterocycles. The molecule has 4 nitrogen and oxygen atoms in total. The van der Waals surface area contributed by atoms with Crippen molar-refractivity contribution < 1.29 is 15.1 Å². The summed E-state index contributed by atoms with van der Waals surface area (Å²) in [5, 5.41) is 25.5. The van der Waals surface area contributed by atoms with Gasteiger partial charge in [0.25, 0.3) is 0 Å². The first kappa shape index (κ1) is 28.1. The first-order chi connectivity index (χ1) is 17.2. The molecule has 0 radical (unpaired) electrons. The highest BCUT2D eigenvalue weighted by Gasteiger charge is 2.59. The van der Waals surface area contributed by atoms with Crippen molar-refractivity contribution in [2.45, 2.75) is 131 Å². The first-order valence-electron chi connectivity index (χ1n) is 15.4. The van der Waals surface area contributed by atoms with E-state index in [4.69, 9.17) is 4.84 Å².